The van der Waals surface area contributed by atoms with Crippen molar-refractivity contribution in [1.29, 1.82) is 0 Å². The highest BCUT2D eigenvalue weighted by Gasteiger charge is 2.33. The Morgan fingerprint density at radius 1 is 1.54 bits per heavy atom. The third-order valence-electron chi connectivity index (χ3n) is 2.60. The van der Waals surface area contributed by atoms with Gasteiger partial charge in [0.15, 0.2) is 0 Å². The number of carboxylic acid groups (broad SMARTS) is 1. The average molecular weight is 185 g/mol. The fraction of sp³-hybridized carbons (Fsp3) is 0.900. The summed E-state index contributed by atoms with van der Waals surface area (Å²) in [5, 5.41) is 8.67. The molecule has 1 saturated heterocycles. The number of carboxylic acids is 1. The molecule has 0 amide bonds. The highest BCUT2D eigenvalue weighted by atomic mass is 16.4. The van der Waals surface area contributed by atoms with E-state index in [4.69, 9.17) is 5.11 Å². The maximum Gasteiger partial charge on any atom is 0.306 e. The standard InChI is InChI=1S/C10H19NO2/c1-8(9(12)13)4-5-11-6-10(2,3)7-11/h8H,4-7H2,1-3H3,(H,12,13). The van der Waals surface area contributed by atoms with Crippen LogP contribution >= 0.6 is 0 Å². The molecular weight excluding hydrogens is 166 g/mol. The first-order valence-electron chi connectivity index (χ1n) is 4.86. The molecule has 0 aromatic heterocycles. The van der Waals surface area contributed by atoms with Gasteiger partial charge in [-0.25, -0.2) is 0 Å². The number of likely N-dealkylation sites (tertiary alicyclic amines) is 1. The second kappa shape index (κ2) is 3.66. The van der Waals surface area contributed by atoms with Crippen LogP contribution in [0.2, 0.25) is 0 Å². The van der Waals surface area contributed by atoms with Crippen molar-refractivity contribution in [2.75, 3.05) is 19.6 Å². The highest BCUT2D eigenvalue weighted by Crippen LogP contribution is 2.28. The van der Waals surface area contributed by atoms with E-state index >= 15 is 0 Å². The molecule has 0 radical (unpaired) electrons. The summed E-state index contributed by atoms with van der Waals surface area (Å²) >= 11 is 0. The molecule has 0 aromatic carbocycles. The lowest BCUT2D eigenvalue weighted by Gasteiger charge is -2.46. The van der Waals surface area contributed by atoms with Gasteiger partial charge in [0.05, 0.1) is 5.92 Å². The van der Waals surface area contributed by atoms with E-state index in [-0.39, 0.29) is 5.92 Å². The summed E-state index contributed by atoms with van der Waals surface area (Å²) in [5.74, 6) is -0.886. The van der Waals surface area contributed by atoms with Crippen LogP contribution in [0.1, 0.15) is 27.2 Å². The van der Waals surface area contributed by atoms with E-state index in [0.717, 1.165) is 26.1 Å². The molecule has 13 heavy (non-hydrogen) atoms. The predicted molar refractivity (Wildman–Crippen MR) is 51.6 cm³/mol. The monoisotopic (exact) mass is 185 g/mol. The molecule has 3 heteroatoms. The first kappa shape index (κ1) is 10.5. The number of nitrogens with zero attached hydrogens (tertiary/aromatic N) is 1. The summed E-state index contributed by atoms with van der Waals surface area (Å²) in [5.41, 5.74) is 0.451. The van der Waals surface area contributed by atoms with Crippen LogP contribution in [0.5, 0.6) is 0 Å². The Kier molecular flexibility index (Phi) is 2.96. The SMILES string of the molecule is CC(CCN1CC(C)(C)C1)C(=O)O. The van der Waals surface area contributed by atoms with Crippen molar-refractivity contribution in [3.05, 3.63) is 0 Å². The third kappa shape index (κ3) is 2.99. The van der Waals surface area contributed by atoms with Crippen molar-refractivity contribution < 1.29 is 9.90 Å². The zero-order chi connectivity index (χ0) is 10.1. The molecule has 0 aromatic rings. The van der Waals surface area contributed by atoms with Crippen molar-refractivity contribution in [2.45, 2.75) is 27.2 Å². The van der Waals surface area contributed by atoms with Crippen molar-refractivity contribution in [1.82, 2.24) is 4.90 Å². The average Bonchev–Trinajstić information content (AvgIpc) is 1.95. The molecule has 1 atom stereocenters. The van der Waals surface area contributed by atoms with Crippen LogP contribution < -0.4 is 0 Å². The van der Waals surface area contributed by atoms with Crippen molar-refractivity contribution in [2.24, 2.45) is 11.3 Å². The molecule has 1 N–H and O–H groups in total. The van der Waals surface area contributed by atoms with Gasteiger partial charge >= 0.3 is 5.97 Å². The lowest BCUT2D eigenvalue weighted by molar-refractivity contribution is -0.141. The topological polar surface area (TPSA) is 40.5 Å². The van der Waals surface area contributed by atoms with Crippen LogP contribution in [0.4, 0.5) is 0 Å². The van der Waals surface area contributed by atoms with Gasteiger partial charge in [0, 0.05) is 13.1 Å². The fourth-order valence-corrected chi connectivity index (χ4v) is 1.82. The molecule has 1 heterocycles. The maximum absolute atomic E-state index is 10.5. The van der Waals surface area contributed by atoms with E-state index in [0.29, 0.717) is 5.41 Å². The highest BCUT2D eigenvalue weighted by molar-refractivity contribution is 5.69. The lowest BCUT2D eigenvalue weighted by Crippen LogP contribution is -2.53. The van der Waals surface area contributed by atoms with Gasteiger partial charge in [-0.1, -0.05) is 20.8 Å². The Morgan fingerprint density at radius 3 is 2.46 bits per heavy atom. The first-order valence-corrected chi connectivity index (χ1v) is 4.86. The quantitative estimate of drug-likeness (QED) is 0.720. The van der Waals surface area contributed by atoms with Crippen LogP contribution in [0.25, 0.3) is 0 Å². The number of carbonyl (C=O) groups is 1. The Balaban J connectivity index is 2.12. The van der Waals surface area contributed by atoms with E-state index in [9.17, 15) is 4.79 Å². The molecule has 1 unspecified atom stereocenters. The molecule has 0 spiro atoms. The minimum atomic E-state index is -0.681. The first-order chi connectivity index (χ1) is 5.91. The summed E-state index contributed by atoms with van der Waals surface area (Å²) in [4.78, 5) is 12.8. The van der Waals surface area contributed by atoms with Crippen LogP contribution in [0, 0.1) is 11.3 Å². The number of hydrogen-bond donors (Lipinski definition) is 1. The van der Waals surface area contributed by atoms with Gasteiger partial charge in [-0.2, -0.15) is 0 Å². The van der Waals surface area contributed by atoms with Crippen molar-refractivity contribution in [3.63, 3.8) is 0 Å². The third-order valence-corrected chi connectivity index (χ3v) is 2.60. The molecule has 3 nitrogen and oxygen atoms in total. The summed E-state index contributed by atoms with van der Waals surface area (Å²) in [6.07, 6.45) is 0.769. The summed E-state index contributed by atoms with van der Waals surface area (Å²) in [7, 11) is 0. The van der Waals surface area contributed by atoms with E-state index in [1.165, 1.54) is 0 Å². The van der Waals surface area contributed by atoms with Gasteiger partial charge in [-0.05, 0) is 18.4 Å². The second-order valence-electron chi connectivity index (χ2n) is 4.90. The second-order valence-corrected chi connectivity index (χ2v) is 4.90. The summed E-state index contributed by atoms with van der Waals surface area (Å²) < 4.78 is 0. The zero-order valence-corrected chi connectivity index (χ0v) is 8.71. The number of aliphatic carboxylic acids is 1. The van der Waals surface area contributed by atoms with Gasteiger partial charge in [-0.15, -0.1) is 0 Å². The molecule has 76 valence electrons. The van der Waals surface area contributed by atoms with Gasteiger partial charge in [0.2, 0.25) is 0 Å². The Bertz CT molecular complexity index is 193. The smallest absolute Gasteiger partial charge is 0.306 e. The summed E-state index contributed by atoms with van der Waals surface area (Å²) in [6, 6.07) is 0. The molecule has 1 aliphatic heterocycles. The van der Waals surface area contributed by atoms with Crippen LogP contribution in [0.3, 0.4) is 0 Å². The van der Waals surface area contributed by atoms with Gasteiger partial charge in [-0.3, -0.25) is 4.79 Å². The molecule has 0 aliphatic carbocycles. The van der Waals surface area contributed by atoms with Crippen LogP contribution in [-0.2, 0) is 4.79 Å². The summed E-state index contributed by atoms with van der Waals surface area (Å²) in [6.45, 7) is 9.40. The lowest BCUT2D eigenvalue weighted by atomic mass is 9.84. The Morgan fingerprint density at radius 2 is 2.08 bits per heavy atom. The predicted octanol–water partition coefficient (Wildman–Crippen LogP) is 1.44. The van der Waals surface area contributed by atoms with E-state index in [1.54, 1.807) is 6.92 Å². The minimum Gasteiger partial charge on any atom is -0.481 e. The largest absolute Gasteiger partial charge is 0.481 e. The number of rotatable bonds is 4. The van der Waals surface area contributed by atoms with Crippen LogP contribution in [-0.4, -0.2) is 35.6 Å². The van der Waals surface area contributed by atoms with E-state index in [2.05, 4.69) is 18.7 Å². The molecule has 0 bridgehead atoms. The van der Waals surface area contributed by atoms with Gasteiger partial charge in [0.25, 0.3) is 0 Å². The zero-order valence-electron chi connectivity index (χ0n) is 8.71. The maximum atomic E-state index is 10.5. The van der Waals surface area contributed by atoms with Gasteiger partial charge < -0.3 is 10.0 Å². The molecule has 1 aliphatic rings. The molecule has 1 rings (SSSR count). The van der Waals surface area contributed by atoms with Crippen LogP contribution in [0.15, 0.2) is 0 Å². The van der Waals surface area contributed by atoms with Crippen molar-refractivity contribution >= 4 is 5.97 Å². The molecular formula is C10H19NO2. The fourth-order valence-electron chi connectivity index (χ4n) is 1.82. The minimum absolute atomic E-state index is 0.205. The van der Waals surface area contributed by atoms with Crippen molar-refractivity contribution in [3.8, 4) is 0 Å². The van der Waals surface area contributed by atoms with E-state index < -0.39 is 5.97 Å². The molecule has 1 fully saturated rings. The number of hydrogen-bond acceptors (Lipinski definition) is 2. The normalized spacial score (nSPS) is 23.6. The molecule has 0 saturated carbocycles. The van der Waals surface area contributed by atoms with E-state index in [1.807, 2.05) is 0 Å². The Labute approximate surface area is 79.7 Å². The van der Waals surface area contributed by atoms with Gasteiger partial charge in [0.1, 0.15) is 0 Å². The Hall–Kier alpha value is -0.570.